The van der Waals surface area contributed by atoms with E-state index < -0.39 is 0 Å². The lowest BCUT2D eigenvalue weighted by molar-refractivity contribution is 0.0881. The van der Waals surface area contributed by atoms with E-state index in [1.807, 2.05) is 25.2 Å². The van der Waals surface area contributed by atoms with Gasteiger partial charge in [-0.3, -0.25) is 9.36 Å². The van der Waals surface area contributed by atoms with Crippen molar-refractivity contribution in [3.8, 4) is 0 Å². The van der Waals surface area contributed by atoms with Crippen LogP contribution in [0.25, 0.3) is 10.9 Å². The number of aryl methyl sites for hydroxylation is 1. The number of rotatable bonds is 5. The van der Waals surface area contributed by atoms with Gasteiger partial charge in [0.1, 0.15) is 0 Å². The number of hydrogen-bond donors (Lipinski definition) is 0. The lowest BCUT2D eigenvalue weighted by atomic mass is 10.1. The summed E-state index contributed by atoms with van der Waals surface area (Å²) in [5, 5.41) is 1.20. The molecule has 0 aliphatic carbocycles. The highest BCUT2D eigenvalue weighted by molar-refractivity contribution is 5.95. The van der Waals surface area contributed by atoms with Crippen LogP contribution in [-0.4, -0.2) is 61.6 Å². The summed E-state index contributed by atoms with van der Waals surface area (Å²) < 4.78 is 1.81. The smallest absolute Gasteiger partial charge is 0.245 e. The van der Waals surface area contributed by atoms with Crippen LogP contribution in [0.15, 0.2) is 24.4 Å². The maximum absolute atomic E-state index is 12.4. The average Bonchev–Trinajstić information content (AvgIpc) is 2.73. The van der Waals surface area contributed by atoms with Crippen LogP contribution in [0.4, 0.5) is 0 Å². The normalized spacial score (nSPS) is 11.8. The second kappa shape index (κ2) is 6.41. The quantitative estimate of drug-likeness (QED) is 0.844. The van der Waals surface area contributed by atoms with E-state index in [4.69, 9.17) is 0 Å². The van der Waals surface area contributed by atoms with Gasteiger partial charge in [-0.1, -0.05) is 11.6 Å². The fourth-order valence-electron chi connectivity index (χ4n) is 2.51. The van der Waals surface area contributed by atoms with Gasteiger partial charge in [-0.15, -0.1) is 0 Å². The molecular weight excluding hydrogens is 262 g/mol. The molecule has 114 valence electrons. The number of nitrogens with zero attached hydrogens (tertiary/aromatic N) is 3. The Bertz CT molecular complexity index is 641. The number of aromatic nitrogens is 1. The predicted molar refractivity (Wildman–Crippen MR) is 88.1 cm³/mol. The van der Waals surface area contributed by atoms with Crippen LogP contribution >= 0.6 is 0 Å². The minimum Gasteiger partial charge on any atom is -0.309 e. The molecule has 0 bridgehead atoms. The summed E-state index contributed by atoms with van der Waals surface area (Å²) in [5.74, 6) is 0.116. The van der Waals surface area contributed by atoms with Crippen LogP contribution in [-0.2, 0) is 6.42 Å². The Kier molecular flexibility index (Phi) is 4.80. The van der Waals surface area contributed by atoms with Gasteiger partial charge in [-0.05, 0) is 59.2 Å². The van der Waals surface area contributed by atoms with Crippen molar-refractivity contribution in [2.24, 2.45) is 0 Å². The molecule has 0 saturated carbocycles. The fraction of sp³-hybridized carbons (Fsp3) is 0.471. The van der Waals surface area contributed by atoms with E-state index in [-0.39, 0.29) is 5.91 Å². The molecule has 2 aromatic rings. The molecule has 0 aliphatic rings. The van der Waals surface area contributed by atoms with Crippen molar-refractivity contribution in [3.63, 3.8) is 0 Å². The summed E-state index contributed by atoms with van der Waals surface area (Å²) in [5.41, 5.74) is 3.49. The molecule has 21 heavy (non-hydrogen) atoms. The van der Waals surface area contributed by atoms with Crippen molar-refractivity contribution in [1.82, 2.24) is 14.4 Å². The average molecular weight is 287 g/mol. The molecular formula is C17H25N3O. The first-order valence-electron chi connectivity index (χ1n) is 7.31. The van der Waals surface area contributed by atoms with Gasteiger partial charge in [0, 0.05) is 18.1 Å². The standard InChI is InChI=1S/C17H25N3O/c1-13-6-7-16-15(10-13)14(8-9-18(2)3)11-20(16)17(21)12-19(4)5/h6-7,10-11H,8-9,12H2,1-5H3. The van der Waals surface area contributed by atoms with E-state index in [2.05, 4.69) is 44.1 Å². The first kappa shape index (κ1) is 15.7. The molecule has 0 amide bonds. The van der Waals surface area contributed by atoms with Crippen LogP contribution in [0.5, 0.6) is 0 Å². The van der Waals surface area contributed by atoms with E-state index in [9.17, 15) is 4.79 Å². The fourth-order valence-corrected chi connectivity index (χ4v) is 2.51. The van der Waals surface area contributed by atoms with E-state index in [0.29, 0.717) is 6.54 Å². The lowest BCUT2D eigenvalue weighted by Crippen LogP contribution is -2.25. The topological polar surface area (TPSA) is 28.5 Å². The highest BCUT2D eigenvalue weighted by Crippen LogP contribution is 2.23. The summed E-state index contributed by atoms with van der Waals surface area (Å²) in [6.07, 6.45) is 2.97. The van der Waals surface area contributed by atoms with Crippen molar-refractivity contribution >= 4 is 16.8 Å². The van der Waals surface area contributed by atoms with Gasteiger partial charge in [-0.25, -0.2) is 0 Å². The highest BCUT2D eigenvalue weighted by Gasteiger charge is 2.14. The molecule has 0 N–H and O–H groups in total. The third kappa shape index (κ3) is 3.71. The Hall–Kier alpha value is -1.65. The zero-order valence-electron chi connectivity index (χ0n) is 13.7. The van der Waals surface area contributed by atoms with Gasteiger partial charge in [0.2, 0.25) is 5.91 Å². The molecule has 1 aromatic carbocycles. The Morgan fingerprint density at radius 2 is 1.86 bits per heavy atom. The van der Waals surface area contributed by atoms with Crippen LogP contribution in [0.2, 0.25) is 0 Å². The van der Waals surface area contributed by atoms with Crippen molar-refractivity contribution in [2.45, 2.75) is 13.3 Å². The van der Waals surface area contributed by atoms with E-state index in [1.165, 1.54) is 16.5 Å². The number of fused-ring (bicyclic) bond motifs is 1. The number of likely N-dealkylation sites (N-methyl/N-ethyl adjacent to an activating group) is 2. The largest absolute Gasteiger partial charge is 0.309 e. The number of hydrogen-bond acceptors (Lipinski definition) is 3. The maximum Gasteiger partial charge on any atom is 0.245 e. The Morgan fingerprint density at radius 3 is 2.48 bits per heavy atom. The summed E-state index contributed by atoms with van der Waals surface area (Å²) in [4.78, 5) is 16.5. The molecule has 4 heteroatoms. The third-order valence-electron chi connectivity index (χ3n) is 3.59. The Balaban J connectivity index is 2.44. The molecule has 4 nitrogen and oxygen atoms in total. The monoisotopic (exact) mass is 287 g/mol. The maximum atomic E-state index is 12.4. The number of carbonyl (C=O) groups is 1. The molecule has 1 aromatic heterocycles. The van der Waals surface area contributed by atoms with E-state index in [0.717, 1.165) is 18.5 Å². The first-order valence-corrected chi connectivity index (χ1v) is 7.31. The minimum atomic E-state index is 0.116. The first-order chi connectivity index (χ1) is 9.88. The third-order valence-corrected chi connectivity index (χ3v) is 3.59. The molecule has 0 radical (unpaired) electrons. The summed E-state index contributed by atoms with van der Waals surface area (Å²) in [6, 6.07) is 6.30. The van der Waals surface area contributed by atoms with Crippen LogP contribution in [0.1, 0.15) is 15.9 Å². The minimum absolute atomic E-state index is 0.116. The van der Waals surface area contributed by atoms with Gasteiger partial charge in [0.05, 0.1) is 12.1 Å². The summed E-state index contributed by atoms with van der Waals surface area (Å²) >= 11 is 0. The second-order valence-electron chi connectivity index (χ2n) is 6.23. The van der Waals surface area contributed by atoms with Gasteiger partial charge in [0.25, 0.3) is 0 Å². The second-order valence-corrected chi connectivity index (χ2v) is 6.23. The van der Waals surface area contributed by atoms with Crippen molar-refractivity contribution in [2.75, 3.05) is 41.3 Å². The van der Waals surface area contributed by atoms with Crippen LogP contribution < -0.4 is 0 Å². The molecule has 0 atom stereocenters. The molecule has 2 rings (SSSR count). The van der Waals surface area contributed by atoms with Crippen LogP contribution in [0, 0.1) is 6.92 Å². The Labute approximate surface area is 126 Å². The number of carbonyl (C=O) groups excluding carboxylic acids is 1. The van der Waals surface area contributed by atoms with Crippen molar-refractivity contribution < 1.29 is 4.79 Å². The van der Waals surface area contributed by atoms with Gasteiger partial charge < -0.3 is 9.80 Å². The SMILES string of the molecule is Cc1ccc2c(c1)c(CCN(C)C)cn2C(=O)CN(C)C. The molecule has 0 aliphatic heterocycles. The van der Waals surface area contributed by atoms with Crippen molar-refractivity contribution in [1.29, 1.82) is 0 Å². The van der Waals surface area contributed by atoms with Gasteiger partial charge in [-0.2, -0.15) is 0 Å². The molecule has 0 saturated heterocycles. The molecule has 0 fully saturated rings. The predicted octanol–water partition coefficient (Wildman–Crippen LogP) is 2.26. The summed E-state index contributed by atoms with van der Waals surface area (Å²) in [6.45, 7) is 3.49. The molecule has 0 unspecified atom stereocenters. The molecule has 1 heterocycles. The zero-order valence-corrected chi connectivity index (χ0v) is 13.7. The van der Waals surface area contributed by atoms with Crippen LogP contribution in [0.3, 0.4) is 0 Å². The molecule has 0 spiro atoms. The van der Waals surface area contributed by atoms with Gasteiger partial charge >= 0.3 is 0 Å². The zero-order chi connectivity index (χ0) is 15.6. The van der Waals surface area contributed by atoms with Crippen molar-refractivity contribution in [3.05, 3.63) is 35.5 Å². The highest BCUT2D eigenvalue weighted by atomic mass is 16.2. The van der Waals surface area contributed by atoms with E-state index in [1.54, 1.807) is 4.57 Å². The number of benzene rings is 1. The van der Waals surface area contributed by atoms with E-state index >= 15 is 0 Å². The Morgan fingerprint density at radius 1 is 1.14 bits per heavy atom. The summed E-state index contributed by atoms with van der Waals surface area (Å²) in [7, 11) is 7.98. The lowest BCUT2D eigenvalue weighted by Gasteiger charge is -2.09. The van der Waals surface area contributed by atoms with Gasteiger partial charge in [0.15, 0.2) is 0 Å².